The van der Waals surface area contributed by atoms with Crippen LogP contribution in [0.3, 0.4) is 0 Å². The topological polar surface area (TPSA) is 0 Å². The van der Waals surface area contributed by atoms with Gasteiger partial charge in [-0.1, -0.05) is 313 Å². The molecule has 0 aromatic rings. The Bertz CT molecular complexity index is 1110. The quantitative estimate of drug-likeness (QED) is 0.163. The van der Waals surface area contributed by atoms with Crippen LogP contribution in [-0.4, -0.2) is 0 Å². The van der Waals surface area contributed by atoms with Crippen molar-refractivity contribution in [3.05, 3.63) is 0 Å². The Hall–Kier alpha value is 0. The molecule has 0 nitrogen and oxygen atoms in total. The van der Waals surface area contributed by atoms with Crippen LogP contribution in [0.4, 0.5) is 0 Å². The summed E-state index contributed by atoms with van der Waals surface area (Å²) < 4.78 is 0. The first kappa shape index (κ1) is 97.4. The Morgan fingerprint density at radius 2 is 0.264 bits per heavy atom. The molecule has 0 bridgehead atoms. The van der Waals surface area contributed by atoms with E-state index in [1.54, 1.807) is 0 Å². The van der Waals surface area contributed by atoms with Crippen LogP contribution in [0, 0.1) is 160 Å². The summed E-state index contributed by atoms with van der Waals surface area (Å²) in [6.07, 6.45) is 42.9. The molecule has 12 aliphatic rings. The normalized spacial score (nSPS) is 20.0. The Labute approximate surface area is 585 Å². The Morgan fingerprint density at radius 1 is 0.165 bits per heavy atom. The lowest BCUT2D eigenvalue weighted by molar-refractivity contribution is 0.235. The Morgan fingerprint density at radius 3 is 0.264 bits per heavy atom. The maximum Gasteiger partial charge on any atom is -0.0391 e. The summed E-state index contributed by atoms with van der Waals surface area (Å²) in [6, 6.07) is 0. The minimum Gasteiger partial charge on any atom is -0.0656 e. The van der Waals surface area contributed by atoms with Gasteiger partial charge in [0.15, 0.2) is 0 Å². The molecule has 0 saturated heterocycles. The molecule has 0 atom stereocenters. The first-order valence-corrected chi connectivity index (χ1v) is 42.4. The van der Waals surface area contributed by atoms with Gasteiger partial charge in [0.1, 0.15) is 0 Å². The van der Waals surface area contributed by atoms with Crippen molar-refractivity contribution < 1.29 is 0 Å². The van der Waals surface area contributed by atoms with Crippen molar-refractivity contribution in [2.45, 2.75) is 429 Å². The van der Waals surface area contributed by atoms with E-state index >= 15 is 0 Å². The van der Waals surface area contributed by atoms with Crippen molar-refractivity contribution in [1.82, 2.24) is 0 Å². The van der Waals surface area contributed by atoms with Gasteiger partial charge >= 0.3 is 0 Å². The molecule has 0 aromatic heterocycles. The zero-order valence-corrected chi connectivity index (χ0v) is 71.1. The molecular formula is C91H190. The Balaban J connectivity index is -0.000000445. The summed E-state index contributed by atoms with van der Waals surface area (Å²) >= 11 is 0. The van der Waals surface area contributed by atoms with Crippen molar-refractivity contribution in [1.29, 1.82) is 0 Å². The first-order chi connectivity index (χ1) is 42.4. The van der Waals surface area contributed by atoms with Crippen molar-refractivity contribution >= 4 is 0 Å². The molecule has 0 aliphatic heterocycles. The molecule has 0 amide bonds. The maximum atomic E-state index is 2.32. The Kier molecular flexibility index (Phi) is 63.0. The van der Waals surface area contributed by atoms with Crippen LogP contribution in [0.2, 0.25) is 0 Å². The van der Waals surface area contributed by atoms with E-state index in [0.717, 1.165) is 160 Å². The number of hydrogen-bond acceptors (Lipinski definition) is 0. The number of rotatable bonds is 14. The molecule has 0 N–H and O–H groups in total. The van der Waals surface area contributed by atoms with Crippen LogP contribution in [0.15, 0.2) is 0 Å². The van der Waals surface area contributed by atoms with Gasteiger partial charge in [-0.2, -0.15) is 0 Å². The molecule has 12 rings (SSSR count). The predicted molar refractivity (Wildman–Crippen MR) is 427 cm³/mol. The molecule has 0 aromatic carbocycles. The number of hydrogen-bond donors (Lipinski definition) is 0. The van der Waals surface area contributed by atoms with E-state index in [4.69, 9.17) is 0 Å². The highest BCUT2D eigenvalue weighted by Crippen LogP contribution is 2.41. The van der Waals surface area contributed by atoms with Gasteiger partial charge in [0.05, 0.1) is 0 Å². The fourth-order valence-corrected chi connectivity index (χ4v) is 9.61. The fraction of sp³-hybridized carbons (Fsp3) is 1.00. The highest BCUT2D eigenvalue weighted by atomic mass is 14.3. The highest BCUT2D eigenvalue weighted by Gasteiger charge is 2.29. The molecule has 12 fully saturated rings. The van der Waals surface area contributed by atoms with Gasteiger partial charge in [-0.3, -0.25) is 0 Å². The third kappa shape index (κ3) is 75.6. The zero-order chi connectivity index (χ0) is 71.1. The summed E-state index contributed by atoms with van der Waals surface area (Å²) in [5.74, 6) is 27.2. The van der Waals surface area contributed by atoms with E-state index in [9.17, 15) is 0 Å². The van der Waals surface area contributed by atoms with Crippen LogP contribution in [0.1, 0.15) is 429 Å². The van der Waals surface area contributed by atoms with E-state index in [0.29, 0.717) is 0 Å². The van der Waals surface area contributed by atoms with E-state index in [-0.39, 0.29) is 0 Å². The lowest BCUT2D eigenvalue weighted by Gasteiger charge is -2.28. The van der Waals surface area contributed by atoms with Gasteiger partial charge in [-0.05, 0) is 275 Å². The second-order valence-corrected chi connectivity index (χ2v) is 37.3. The van der Waals surface area contributed by atoms with Crippen LogP contribution in [-0.2, 0) is 0 Å². The molecule has 12 aliphatic carbocycles. The molecule has 0 radical (unpaired) electrons. The molecule has 0 heterocycles. The van der Waals surface area contributed by atoms with Gasteiger partial charge in [0.25, 0.3) is 0 Å². The predicted octanol–water partition coefficient (Wildman–Crippen LogP) is 32.6. The zero-order valence-electron chi connectivity index (χ0n) is 71.1. The van der Waals surface area contributed by atoms with Crippen LogP contribution >= 0.6 is 0 Å². The molecule has 12 saturated carbocycles. The average molecular weight is 1280 g/mol. The summed E-state index contributed by atoms with van der Waals surface area (Å²) in [5.41, 5.74) is 0. The highest BCUT2D eigenvalue weighted by molar-refractivity contribution is 4.80. The van der Waals surface area contributed by atoms with Crippen molar-refractivity contribution in [3.8, 4) is 0 Å². The summed E-state index contributed by atoms with van der Waals surface area (Å²) in [4.78, 5) is 0. The van der Waals surface area contributed by atoms with E-state index in [1.807, 2.05) is 0 Å². The average Bonchev–Trinajstić information content (AvgIpc) is 4.24. The molecule has 0 spiro atoms. The van der Waals surface area contributed by atoms with Gasteiger partial charge in [-0.15, -0.1) is 0 Å². The van der Waals surface area contributed by atoms with Crippen LogP contribution in [0.5, 0.6) is 0 Å². The lowest BCUT2D eigenvalue weighted by Crippen LogP contribution is -2.16. The minimum atomic E-state index is 0.852. The van der Waals surface area contributed by atoms with Crippen LogP contribution < -0.4 is 0 Å². The SMILES string of the molecule is CC(C)C(C)C.CC(C)C(C)C.CC(C)C1CC1.CC(C)C1CC1.CC(C)C1CC1.CC(C)C1CC1.CC(C)C1CC1.CC(C)C1CC1.CC(C)C1CC1.CC(C)C1CC1.CC(C)C1CC1.CC(C)C1CCC1.CC(C)C1CCC1.CCC.CCC.CCC1CC1. The molecule has 91 heavy (non-hydrogen) atoms. The second kappa shape index (κ2) is 58.9. The smallest absolute Gasteiger partial charge is 0.0391 e. The van der Waals surface area contributed by atoms with E-state index in [1.165, 1.54) is 186 Å². The molecule has 0 unspecified atom stereocenters. The van der Waals surface area contributed by atoms with E-state index in [2.05, 4.69) is 242 Å². The second-order valence-electron chi connectivity index (χ2n) is 37.3. The third-order valence-electron chi connectivity index (χ3n) is 22.2. The van der Waals surface area contributed by atoms with Crippen molar-refractivity contribution in [2.75, 3.05) is 0 Å². The van der Waals surface area contributed by atoms with Gasteiger partial charge in [0.2, 0.25) is 0 Å². The van der Waals surface area contributed by atoms with Crippen molar-refractivity contribution in [2.24, 2.45) is 160 Å². The summed E-state index contributed by atoms with van der Waals surface area (Å²) in [6.45, 7) is 79.4. The van der Waals surface area contributed by atoms with Gasteiger partial charge in [-0.25, -0.2) is 0 Å². The fourth-order valence-electron chi connectivity index (χ4n) is 9.61. The minimum absolute atomic E-state index is 0.852. The maximum absolute atomic E-state index is 2.32. The molecular weight excluding hydrogens is 1090 g/mol. The lowest BCUT2D eigenvalue weighted by atomic mass is 9.78. The van der Waals surface area contributed by atoms with Gasteiger partial charge < -0.3 is 0 Å². The summed E-state index contributed by atoms with van der Waals surface area (Å²) in [7, 11) is 0. The molecule has 0 heteroatoms. The first-order valence-electron chi connectivity index (χ1n) is 42.4. The largest absolute Gasteiger partial charge is 0.0656 e. The van der Waals surface area contributed by atoms with Gasteiger partial charge in [0, 0.05) is 0 Å². The van der Waals surface area contributed by atoms with Crippen LogP contribution in [0.25, 0.3) is 0 Å². The van der Waals surface area contributed by atoms with Crippen molar-refractivity contribution in [3.63, 3.8) is 0 Å². The van der Waals surface area contributed by atoms with E-state index < -0.39 is 0 Å². The monoisotopic (exact) mass is 1280 g/mol. The molecule has 554 valence electrons. The summed E-state index contributed by atoms with van der Waals surface area (Å²) in [5, 5.41) is 0. The third-order valence-corrected chi connectivity index (χ3v) is 22.2. The standard InChI is InChI=1S/2C7H14.9C6H12.2C6H14.C5H10.2C3H8/c2*1-6(2)7-4-3-5-7;9*1-5(2)6-3-4-6;2*1-5(2)6(3)4;1-2-5-3-4-5;2*1-3-2/h2*6-7H,3-5H2,1-2H3;9*5-6H,3-4H2,1-2H3;2*5-6H,1-4H3;5H,2-4H2,1H3;2*3H2,1-2H3.